The lowest BCUT2D eigenvalue weighted by Gasteiger charge is -2.09. The van der Waals surface area contributed by atoms with Gasteiger partial charge < -0.3 is 9.47 Å². The SMILES string of the molecule is Cc1ccc(Cl)c(OCC(=O)OCC(=O)NC(=O)c2cccs2)c1. The second kappa shape index (κ2) is 8.47. The van der Waals surface area contributed by atoms with Crippen LogP contribution in [0.3, 0.4) is 0 Å². The minimum absolute atomic E-state index is 0.353. The Bertz CT molecular complexity index is 745. The molecule has 0 spiro atoms. The van der Waals surface area contributed by atoms with Crippen molar-refractivity contribution in [3.8, 4) is 5.75 Å². The van der Waals surface area contributed by atoms with Crippen LogP contribution in [0.25, 0.3) is 0 Å². The lowest BCUT2D eigenvalue weighted by atomic mass is 10.2. The molecule has 24 heavy (non-hydrogen) atoms. The fourth-order valence-corrected chi connectivity index (χ4v) is 2.47. The molecule has 0 saturated carbocycles. The number of imide groups is 1. The number of aryl methyl sites for hydroxylation is 1. The first-order valence-corrected chi connectivity index (χ1v) is 8.13. The molecule has 0 saturated heterocycles. The van der Waals surface area contributed by atoms with Crippen LogP contribution in [-0.4, -0.2) is 31.0 Å². The van der Waals surface area contributed by atoms with E-state index in [1.807, 2.05) is 13.0 Å². The highest BCUT2D eigenvalue weighted by Crippen LogP contribution is 2.25. The molecule has 0 atom stereocenters. The van der Waals surface area contributed by atoms with Gasteiger partial charge in [-0.3, -0.25) is 14.9 Å². The number of hydrogen-bond acceptors (Lipinski definition) is 6. The maximum atomic E-state index is 11.6. The normalized spacial score (nSPS) is 10.1. The van der Waals surface area contributed by atoms with Crippen LogP contribution in [0.15, 0.2) is 35.7 Å². The van der Waals surface area contributed by atoms with Gasteiger partial charge in [0.2, 0.25) is 0 Å². The first kappa shape index (κ1) is 18.0. The molecule has 8 heteroatoms. The van der Waals surface area contributed by atoms with Gasteiger partial charge in [-0.05, 0) is 36.1 Å². The van der Waals surface area contributed by atoms with E-state index in [9.17, 15) is 14.4 Å². The molecular weight excluding hydrogens is 354 g/mol. The minimum Gasteiger partial charge on any atom is -0.480 e. The number of esters is 1. The predicted molar refractivity (Wildman–Crippen MR) is 89.4 cm³/mol. The van der Waals surface area contributed by atoms with E-state index < -0.39 is 31.0 Å². The predicted octanol–water partition coefficient (Wildman–Crippen LogP) is 2.59. The van der Waals surface area contributed by atoms with Gasteiger partial charge in [-0.2, -0.15) is 0 Å². The van der Waals surface area contributed by atoms with Crippen molar-refractivity contribution in [2.75, 3.05) is 13.2 Å². The molecule has 0 aliphatic carbocycles. The zero-order valence-electron chi connectivity index (χ0n) is 12.7. The Morgan fingerprint density at radius 1 is 1.21 bits per heavy atom. The fourth-order valence-electron chi connectivity index (χ4n) is 1.68. The highest BCUT2D eigenvalue weighted by molar-refractivity contribution is 7.12. The standard InChI is InChI=1S/C16H14ClNO5S/c1-10-4-5-11(17)12(7-10)22-9-15(20)23-8-14(19)18-16(21)13-3-2-6-24-13/h2-7H,8-9H2,1H3,(H,18,19,21). The second-order valence-corrected chi connectivity index (χ2v) is 6.09. The van der Waals surface area contributed by atoms with Gasteiger partial charge in [-0.1, -0.05) is 23.7 Å². The van der Waals surface area contributed by atoms with Crippen LogP contribution in [-0.2, 0) is 14.3 Å². The summed E-state index contributed by atoms with van der Waals surface area (Å²) in [6.07, 6.45) is 0. The summed E-state index contributed by atoms with van der Waals surface area (Å²) in [5, 5.41) is 4.21. The number of nitrogens with one attached hydrogen (secondary N) is 1. The Morgan fingerprint density at radius 3 is 2.71 bits per heavy atom. The molecule has 0 bridgehead atoms. The summed E-state index contributed by atoms with van der Waals surface area (Å²) in [6.45, 7) is 0.895. The molecule has 1 N–H and O–H groups in total. The molecular formula is C16H14ClNO5S. The zero-order chi connectivity index (χ0) is 17.5. The highest BCUT2D eigenvalue weighted by atomic mass is 35.5. The number of benzene rings is 1. The molecule has 2 amide bonds. The largest absolute Gasteiger partial charge is 0.480 e. The number of amides is 2. The highest BCUT2D eigenvalue weighted by Gasteiger charge is 2.14. The van der Waals surface area contributed by atoms with Crippen molar-refractivity contribution in [2.24, 2.45) is 0 Å². The molecule has 1 heterocycles. The van der Waals surface area contributed by atoms with Crippen molar-refractivity contribution in [1.82, 2.24) is 5.32 Å². The number of halogens is 1. The molecule has 0 aliphatic heterocycles. The van der Waals surface area contributed by atoms with Crippen molar-refractivity contribution >= 4 is 40.7 Å². The molecule has 6 nitrogen and oxygen atoms in total. The van der Waals surface area contributed by atoms with Crippen molar-refractivity contribution < 1.29 is 23.9 Å². The molecule has 1 aromatic heterocycles. The third-order valence-corrected chi connectivity index (χ3v) is 3.98. The van der Waals surface area contributed by atoms with Gasteiger partial charge in [0, 0.05) is 0 Å². The van der Waals surface area contributed by atoms with Crippen molar-refractivity contribution in [2.45, 2.75) is 6.92 Å². The van der Waals surface area contributed by atoms with Crippen LogP contribution in [0.2, 0.25) is 5.02 Å². The quantitative estimate of drug-likeness (QED) is 0.793. The van der Waals surface area contributed by atoms with Crippen LogP contribution >= 0.6 is 22.9 Å². The van der Waals surface area contributed by atoms with Gasteiger partial charge in [0.1, 0.15) is 5.75 Å². The minimum atomic E-state index is -0.744. The number of hydrogen-bond donors (Lipinski definition) is 1. The van der Waals surface area contributed by atoms with E-state index in [0.29, 0.717) is 15.6 Å². The van der Waals surface area contributed by atoms with Crippen LogP contribution in [0.4, 0.5) is 0 Å². The first-order valence-electron chi connectivity index (χ1n) is 6.88. The second-order valence-electron chi connectivity index (χ2n) is 4.74. The Hall–Kier alpha value is -2.38. The van der Waals surface area contributed by atoms with Crippen molar-refractivity contribution in [3.05, 3.63) is 51.2 Å². The van der Waals surface area contributed by atoms with Gasteiger partial charge in [0.25, 0.3) is 11.8 Å². The van der Waals surface area contributed by atoms with Crippen molar-refractivity contribution in [1.29, 1.82) is 0 Å². The first-order chi connectivity index (χ1) is 11.5. The maximum absolute atomic E-state index is 11.6. The van der Waals surface area contributed by atoms with E-state index in [2.05, 4.69) is 5.32 Å². The van der Waals surface area contributed by atoms with Gasteiger partial charge in [0.15, 0.2) is 13.2 Å². The third-order valence-electron chi connectivity index (χ3n) is 2.79. The number of rotatable bonds is 6. The summed E-state index contributed by atoms with van der Waals surface area (Å²) < 4.78 is 9.99. The lowest BCUT2D eigenvalue weighted by Crippen LogP contribution is -2.34. The summed E-state index contributed by atoms with van der Waals surface area (Å²) in [6, 6.07) is 8.42. The number of carbonyl (C=O) groups is 3. The van der Waals surface area contributed by atoms with E-state index in [1.165, 1.54) is 11.3 Å². The van der Waals surface area contributed by atoms with Crippen LogP contribution in [0.5, 0.6) is 5.75 Å². The number of ether oxygens (including phenoxy) is 2. The molecule has 1 aromatic carbocycles. The van der Waals surface area contributed by atoms with Crippen molar-refractivity contribution in [3.63, 3.8) is 0 Å². The molecule has 0 fully saturated rings. The Balaban J connectivity index is 1.73. The van der Waals surface area contributed by atoms with E-state index in [1.54, 1.807) is 29.6 Å². The third kappa shape index (κ3) is 5.36. The molecule has 0 radical (unpaired) electrons. The van der Waals surface area contributed by atoms with E-state index >= 15 is 0 Å². The van der Waals surface area contributed by atoms with Crippen LogP contribution in [0, 0.1) is 6.92 Å². The zero-order valence-corrected chi connectivity index (χ0v) is 14.3. The van der Waals surface area contributed by atoms with Gasteiger partial charge in [0.05, 0.1) is 9.90 Å². The number of carbonyl (C=O) groups excluding carboxylic acids is 3. The molecule has 0 aliphatic rings. The average Bonchev–Trinajstić information content (AvgIpc) is 3.08. The summed E-state index contributed by atoms with van der Waals surface area (Å²) in [4.78, 5) is 35.2. The smallest absolute Gasteiger partial charge is 0.344 e. The van der Waals surface area contributed by atoms with Crippen LogP contribution < -0.4 is 10.1 Å². The number of thiophene rings is 1. The summed E-state index contributed by atoms with van der Waals surface area (Å²) in [7, 11) is 0. The van der Waals surface area contributed by atoms with Gasteiger partial charge in [-0.15, -0.1) is 11.3 Å². The van der Waals surface area contributed by atoms with E-state index in [4.69, 9.17) is 21.1 Å². The van der Waals surface area contributed by atoms with Gasteiger partial charge >= 0.3 is 5.97 Å². The average molecular weight is 368 g/mol. The van der Waals surface area contributed by atoms with Crippen LogP contribution in [0.1, 0.15) is 15.2 Å². The molecule has 0 unspecified atom stereocenters. The van der Waals surface area contributed by atoms with E-state index in [0.717, 1.165) is 5.56 Å². The van der Waals surface area contributed by atoms with Gasteiger partial charge in [-0.25, -0.2) is 4.79 Å². The van der Waals surface area contributed by atoms with E-state index in [-0.39, 0.29) is 0 Å². The molecule has 126 valence electrons. The summed E-state index contributed by atoms with van der Waals surface area (Å²) in [5.74, 6) is -1.64. The maximum Gasteiger partial charge on any atom is 0.344 e. The molecule has 2 rings (SSSR count). The Kier molecular flexibility index (Phi) is 6.34. The summed E-state index contributed by atoms with van der Waals surface area (Å²) in [5.41, 5.74) is 0.925. The fraction of sp³-hybridized carbons (Fsp3) is 0.188. The topological polar surface area (TPSA) is 81.7 Å². The lowest BCUT2D eigenvalue weighted by molar-refractivity contribution is -0.150. The molecule has 2 aromatic rings. The monoisotopic (exact) mass is 367 g/mol. The summed E-state index contributed by atoms with van der Waals surface area (Å²) >= 11 is 7.14. The Labute approximate surface area is 147 Å². The Morgan fingerprint density at radius 2 is 2.00 bits per heavy atom.